The molecular formula is C37H42ClF3N8O4. The van der Waals surface area contributed by atoms with Gasteiger partial charge in [0.25, 0.3) is 6.43 Å². The van der Waals surface area contributed by atoms with Crippen molar-refractivity contribution in [3.8, 4) is 17.3 Å². The first kappa shape index (κ1) is 35.0. The van der Waals surface area contributed by atoms with Gasteiger partial charge >= 0.3 is 6.01 Å². The van der Waals surface area contributed by atoms with Crippen molar-refractivity contribution in [2.75, 3.05) is 57.5 Å². The van der Waals surface area contributed by atoms with E-state index in [0.717, 1.165) is 38.6 Å². The van der Waals surface area contributed by atoms with E-state index in [2.05, 4.69) is 10.00 Å². The molecule has 4 fully saturated rings. The quantitative estimate of drug-likeness (QED) is 0.201. The molecule has 0 spiro atoms. The molecule has 4 atom stereocenters. The molecule has 8 heterocycles. The summed E-state index contributed by atoms with van der Waals surface area (Å²) in [7, 11) is 1.81. The van der Waals surface area contributed by atoms with E-state index >= 15 is 8.78 Å². The molecule has 4 saturated heterocycles. The molecule has 4 aliphatic rings. The van der Waals surface area contributed by atoms with Gasteiger partial charge in [0.05, 0.1) is 58.6 Å². The number of fused-ring (bicyclic) bond motifs is 5. The van der Waals surface area contributed by atoms with Crippen LogP contribution in [-0.2, 0) is 16.5 Å². The van der Waals surface area contributed by atoms with Gasteiger partial charge in [-0.25, -0.2) is 17.9 Å². The van der Waals surface area contributed by atoms with Crippen LogP contribution in [0.5, 0.6) is 6.01 Å². The maximum Gasteiger partial charge on any atom is 0.320 e. The Kier molecular flexibility index (Phi) is 8.72. The van der Waals surface area contributed by atoms with Crippen molar-refractivity contribution in [2.24, 2.45) is 7.05 Å². The number of rotatable bonds is 7. The molecule has 0 amide bonds. The Bertz CT molecular complexity index is 2210. The second-order valence-corrected chi connectivity index (χ2v) is 15.7. The fraction of sp³-hybridized carbons (Fsp3) is 0.568. The molecule has 0 aliphatic carbocycles. The van der Waals surface area contributed by atoms with Crippen LogP contribution in [0.15, 0.2) is 24.5 Å². The summed E-state index contributed by atoms with van der Waals surface area (Å²) in [5.74, 6) is 0.502. The Hall–Kier alpha value is -3.76. The third-order valence-corrected chi connectivity index (χ3v) is 11.8. The Morgan fingerprint density at radius 1 is 1.15 bits per heavy atom. The SMILES string of the molecule is Cn1c2nc(OC[C@@]34CCCN3C[C@H](F)C4)nc(N3CCOC[C@@](C)(O)C3)c2c2ccnc(-c3c(C(F)F)c(Cl)cc4c3cnn4C3CCCCO3)c21. The number of ether oxygens (including phenoxy) is 3. The van der Waals surface area contributed by atoms with Gasteiger partial charge in [0, 0.05) is 61.3 Å². The lowest BCUT2D eigenvalue weighted by atomic mass is 9.95. The molecule has 1 N–H and O–H groups in total. The molecule has 12 nitrogen and oxygen atoms in total. The van der Waals surface area contributed by atoms with Crippen LogP contribution >= 0.6 is 11.6 Å². The number of halogens is 4. The van der Waals surface area contributed by atoms with Crippen LogP contribution in [0.1, 0.15) is 63.7 Å². The summed E-state index contributed by atoms with van der Waals surface area (Å²) in [6.07, 6.45) is 3.83. The fourth-order valence-electron chi connectivity index (χ4n) is 9.10. The van der Waals surface area contributed by atoms with E-state index in [4.69, 9.17) is 40.8 Å². The van der Waals surface area contributed by atoms with Gasteiger partial charge in [-0.1, -0.05) is 11.6 Å². The third-order valence-electron chi connectivity index (χ3n) is 11.5. The maximum absolute atomic E-state index is 15.1. The number of nitrogens with zero attached hydrogens (tertiary/aromatic N) is 8. The third kappa shape index (κ3) is 5.90. The largest absolute Gasteiger partial charge is 0.461 e. The molecule has 5 aromatic rings. The smallest absolute Gasteiger partial charge is 0.320 e. The number of alkyl halides is 3. The summed E-state index contributed by atoms with van der Waals surface area (Å²) >= 11 is 6.71. The van der Waals surface area contributed by atoms with E-state index in [1.54, 1.807) is 24.0 Å². The lowest BCUT2D eigenvalue weighted by Crippen LogP contribution is -2.44. The van der Waals surface area contributed by atoms with Gasteiger partial charge in [-0.3, -0.25) is 9.88 Å². The monoisotopic (exact) mass is 754 g/mol. The number of aryl methyl sites for hydroxylation is 1. The lowest BCUT2D eigenvalue weighted by molar-refractivity contribution is -0.0366. The molecule has 4 aromatic heterocycles. The topological polar surface area (TPSA) is 116 Å². The zero-order valence-electron chi connectivity index (χ0n) is 29.7. The zero-order valence-corrected chi connectivity index (χ0v) is 30.5. The summed E-state index contributed by atoms with van der Waals surface area (Å²) in [6.45, 7) is 4.85. The number of aliphatic hydroxyl groups is 1. The molecule has 16 heteroatoms. The van der Waals surface area contributed by atoms with Crippen molar-refractivity contribution in [3.63, 3.8) is 0 Å². The normalized spacial score (nSPS) is 27.1. The van der Waals surface area contributed by atoms with Crippen LogP contribution in [0, 0.1) is 0 Å². The van der Waals surface area contributed by atoms with Gasteiger partial charge in [-0.05, 0) is 57.7 Å². The molecule has 0 bridgehead atoms. The van der Waals surface area contributed by atoms with Gasteiger partial charge in [0.2, 0.25) is 0 Å². The zero-order chi connectivity index (χ0) is 36.6. The van der Waals surface area contributed by atoms with E-state index in [1.165, 1.54) is 6.07 Å². The summed E-state index contributed by atoms with van der Waals surface area (Å²) in [6, 6.07) is 3.46. The van der Waals surface area contributed by atoms with E-state index in [9.17, 15) is 9.50 Å². The van der Waals surface area contributed by atoms with Crippen LogP contribution in [0.2, 0.25) is 5.02 Å². The minimum atomic E-state index is -2.91. The molecular weight excluding hydrogens is 713 g/mol. The van der Waals surface area contributed by atoms with Crippen molar-refractivity contribution < 1.29 is 32.5 Å². The number of hydrogen-bond acceptors (Lipinski definition) is 10. The highest BCUT2D eigenvalue weighted by molar-refractivity contribution is 6.33. The van der Waals surface area contributed by atoms with Gasteiger partial charge in [0.15, 0.2) is 6.23 Å². The Morgan fingerprint density at radius 3 is 2.83 bits per heavy atom. The van der Waals surface area contributed by atoms with Crippen LogP contribution in [0.4, 0.5) is 19.0 Å². The number of hydrogen-bond donors (Lipinski definition) is 1. The number of anilines is 1. The fourth-order valence-corrected chi connectivity index (χ4v) is 9.38. The van der Waals surface area contributed by atoms with Gasteiger partial charge in [-0.2, -0.15) is 15.1 Å². The lowest BCUT2D eigenvalue weighted by Gasteiger charge is -2.31. The molecule has 282 valence electrons. The summed E-state index contributed by atoms with van der Waals surface area (Å²) in [5.41, 5.74) is 0.114. The van der Waals surface area contributed by atoms with Crippen molar-refractivity contribution in [2.45, 2.75) is 75.4 Å². The Balaban J connectivity index is 1.25. The second-order valence-electron chi connectivity index (χ2n) is 15.3. The molecule has 4 aliphatic heterocycles. The maximum atomic E-state index is 15.1. The summed E-state index contributed by atoms with van der Waals surface area (Å²) in [4.78, 5) is 18.8. The predicted molar refractivity (Wildman–Crippen MR) is 194 cm³/mol. The first-order valence-corrected chi connectivity index (χ1v) is 18.7. The van der Waals surface area contributed by atoms with Crippen molar-refractivity contribution in [1.82, 2.24) is 34.2 Å². The second kappa shape index (κ2) is 13.2. The average molecular weight is 755 g/mol. The molecule has 1 aromatic carbocycles. The summed E-state index contributed by atoms with van der Waals surface area (Å²) < 4.78 is 66.5. The minimum Gasteiger partial charge on any atom is -0.461 e. The first-order valence-electron chi connectivity index (χ1n) is 18.4. The van der Waals surface area contributed by atoms with E-state index in [1.807, 2.05) is 22.6 Å². The van der Waals surface area contributed by atoms with Crippen LogP contribution in [-0.4, -0.2) is 109 Å². The predicted octanol–water partition coefficient (Wildman–Crippen LogP) is 6.37. The first-order chi connectivity index (χ1) is 25.5. The minimum absolute atomic E-state index is 0.0941. The molecule has 1 unspecified atom stereocenters. The Morgan fingerprint density at radius 2 is 2.02 bits per heavy atom. The molecule has 53 heavy (non-hydrogen) atoms. The van der Waals surface area contributed by atoms with Gasteiger partial charge in [-0.15, -0.1) is 0 Å². The molecule has 9 rings (SSSR count). The van der Waals surface area contributed by atoms with Crippen molar-refractivity contribution >= 4 is 50.3 Å². The van der Waals surface area contributed by atoms with E-state index in [-0.39, 0.29) is 53.8 Å². The molecule has 0 radical (unpaired) electrons. The van der Waals surface area contributed by atoms with Crippen LogP contribution < -0.4 is 9.64 Å². The van der Waals surface area contributed by atoms with Crippen LogP contribution in [0.25, 0.3) is 44.1 Å². The average Bonchev–Trinajstić information content (AvgIpc) is 3.85. The highest BCUT2D eigenvalue weighted by Gasteiger charge is 2.49. The number of β-amino-alcohol motifs (C(OH)–C–C–N with tert-alkyl or cyclic N) is 1. The Labute approximate surface area is 308 Å². The molecule has 0 saturated carbocycles. The highest BCUT2D eigenvalue weighted by atomic mass is 35.5. The number of aromatic nitrogens is 6. The van der Waals surface area contributed by atoms with Gasteiger partial charge in [0.1, 0.15) is 29.8 Å². The summed E-state index contributed by atoms with van der Waals surface area (Å²) in [5, 5.41) is 17.5. The van der Waals surface area contributed by atoms with Crippen molar-refractivity contribution in [1.29, 1.82) is 0 Å². The number of benzene rings is 1. The van der Waals surface area contributed by atoms with Crippen LogP contribution in [0.3, 0.4) is 0 Å². The van der Waals surface area contributed by atoms with Crippen molar-refractivity contribution in [3.05, 3.63) is 35.1 Å². The van der Waals surface area contributed by atoms with Gasteiger partial charge < -0.3 is 28.8 Å². The number of pyridine rings is 1. The van der Waals surface area contributed by atoms with E-state index < -0.39 is 23.7 Å². The standard InChI is InChI=1S/C37H42ClF3N8O4/c1-36(50)18-47(11-13-51-19-36)34-28-22-7-9-42-30(27-23-16-43-49(26-6-3-4-12-52-26)25(23)14-24(38)29(27)32(40)41)31(22)46(2)33(28)44-35(45-34)53-20-37-8-5-10-48(37)17-21(39)15-37/h7,9,14,16,21,26,32,50H,3-6,8,10-13,15,17-20H2,1-2H3/t21-,26?,36+,37+/m1/s1. The van der Waals surface area contributed by atoms with E-state index in [0.29, 0.717) is 71.4 Å². The highest BCUT2D eigenvalue weighted by Crippen LogP contribution is 2.47.